The molecule has 2 heterocycles. The van der Waals surface area contributed by atoms with E-state index in [9.17, 15) is 14.3 Å². The lowest BCUT2D eigenvalue weighted by molar-refractivity contribution is -0.141. The maximum atomic E-state index is 13.2. The van der Waals surface area contributed by atoms with Gasteiger partial charge in [0.2, 0.25) is 0 Å². The Morgan fingerprint density at radius 1 is 1.16 bits per heavy atom. The monoisotopic (exact) mass is 341 g/mol. The van der Waals surface area contributed by atoms with Crippen molar-refractivity contribution in [1.82, 2.24) is 9.97 Å². The summed E-state index contributed by atoms with van der Waals surface area (Å²) in [4.78, 5) is 22.8. The number of benzene rings is 1. The van der Waals surface area contributed by atoms with Gasteiger partial charge in [-0.25, -0.2) is 14.4 Å². The average Bonchev–Trinajstić information content (AvgIpc) is 3.47. The second-order valence-corrected chi connectivity index (χ2v) is 6.87. The summed E-state index contributed by atoms with van der Waals surface area (Å²) in [5.74, 6) is 0.596. The van der Waals surface area contributed by atoms with Crippen molar-refractivity contribution < 1.29 is 14.3 Å². The predicted octanol–water partition coefficient (Wildman–Crippen LogP) is 3.46. The fourth-order valence-electron chi connectivity index (χ4n) is 3.29. The second kappa shape index (κ2) is 6.43. The Labute approximate surface area is 145 Å². The molecule has 25 heavy (non-hydrogen) atoms. The number of rotatable bonds is 4. The van der Waals surface area contributed by atoms with Gasteiger partial charge in [0.05, 0.1) is 11.6 Å². The van der Waals surface area contributed by atoms with Crippen LogP contribution in [0.2, 0.25) is 0 Å². The Hall–Kier alpha value is -2.50. The minimum atomic E-state index is -0.750. The van der Waals surface area contributed by atoms with Crippen LogP contribution < -0.4 is 4.90 Å². The van der Waals surface area contributed by atoms with Crippen molar-refractivity contribution in [3.63, 3.8) is 0 Å². The normalized spacial score (nSPS) is 20.5. The van der Waals surface area contributed by atoms with Crippen LogP contribution in [-0.4, -0.2) is 34.1 Å². The van der Waals surface area contributed by atoms with Crippen LogP contribution in [0.3, 0.4) is 0 Å². The van der Waals surface area contributed by atoms with Gasteiger partial charge in [0, 0.05) is 30.6 Å². The van der Waals surface area contributed by atoms with E-state index in [-0.39, 0.29) is 11.7 Å². The Kier molecular flexibility index (Phi) is 4.11. The molecule has 1 aliphatic carbocycles. The molecule has 1 aromatic heterocycles. The van der Waals surface area contributed by atoms with Gasteiger partial charge >= 0.3 is 5.97 Å². The Bertz CT molecular complexity index is 790. The second-order valence-electron chi connectivity index (χ2n) is 6.87. The van der Waals surface area contributed by atoms with Crippen molar-refractivity contribution in [1.29, 1.82) is 0 Å². The largest absolute Gasteiger partial charge is 0.481 e. The van der Waals surface area contributed by atoms with Crippen molar-refractivity contribution in [3.8, 4) is 11.3 Å². The maximum Gasteiger partial charge on any atom is 0.308 e. The molecule has 1 N–H and O–H groups in total. The molecule has 0 bridgehead atoms. The fraction of sp³-hybridized carbons (Fsp3) is 0.421. The molecule has 1 aromatic carbocycles. The SMILES string of the molecule is O=C(O)C1CCCN(c2cc(-c3ccc(F)cc3)nc(C3CC3)n2)C1. The molecule has 6 heteroatoms. The molecule has 1 aliphatic heterocycles. The van der Waals surface area contributed by atoms with E-state index in [4.69, 9.17) is 4.98 Å². The maximum absolute atomic E-state index is 13.2. The topological polar surface area (TPSA) is 66.3 Å². The number of carbonyl (C=O) groups is 1. The number of aromatic nitrogens is 2. The molecule has 1 unspecified atom stereocenters. The average molecular weight is 341 g/mol. The first-order chi connectivity index (χ1) is 12.1. The molecule has 0 spiro atoms. The minimum absolute atomic E-state index is 0.277. The highest BCUT2D eigenvalue weighted by Crippen LogP contribution is 2.39. The highest BCUT2D eigenvalue weighted by molar-refractivity contribution is 5.71. The zero-order valence-electron chi connectivity index (χ0n) is 13.9. The summed E-state index contributed by atoms with van der Waals surface area (Å²) in [5, 5.41) is 9.32. The summed E-state index contributed by atoms with van der Waals surface area (Å²) < 4.78 is 13.2. The number of nitrogens with zero attached hydrogens (tertiary/aromatic N) is 3. The zero-order chi connectivity index (χ0) is 17.4. The number of hydrogen-bond acceptors (Lipinski definition) is 4. The number of halogens is 1. The fourth-order valence-corrected chi connectivity index (χ4v) is 3.29. The summed E-state index contributed by atoms with van der Waals surface area (Å²) in [6.45, 7) is 1.27. The molecule has 0 radical (unpaired) electrons. The van der Waals surface area contributed by atoms with Crippen LogP contribution in [0.5, 0.6) is 0 Å². The van der Waals surface area contributed by atoms with Gasteiger partial charge in [-0.1, -0.05) is 0 Å². The summed E-state index contributed by atoms with van der Waals surface area (Å²) in [6, 6.07) is 8.18. The van der Waals surface area contributed by atoms with E-state index < -0.39 is 5.97 Å². The van der Waals surface area contributed by atoms with Gasteiger partial charge in [0.1, 0.15) is 17.5 Å². The number of carboxylic acids is 1. The molecule has 0 amide bonds. The van der Waals surface area contributed by atoms with Gasteiger partial charge in [-0.15, -0.1) is 0 Å². The van der Waals surface area contributed by atoms with Crippen molar-refractivity contribution in [3.05, 3.63) is 42.0 Å². The molecule has 1 saturated carbocycles. The summed E-state index contributed by atoms with van der Waals surface area (Å²) in [6.07, 6.45) is 3.72. The number of piperidine rings is 1. The molecule has 2 aromatic rings. The smallest absolute Gasteiger partial charge is 0.308 e. The van der Waals surface area contributed by atoms with Crippen LogP contribution in [0.15, 0.2) is 30.3 Å². The predicted molar refractivity (Wildman–Crippen MR) is 92.0 cm³/mol. The molecule has 2 fully saturated rings. The van der Waals surface area contributed by atoms with E-state index in [1.165, 1.54) is 12.1 Å². The van der Waals surface area contributed by atoms with Crippen LogP contribution in [0.4, 0.5) is 10.2 Å². The Morgan fingerprint density at radius 2 is 1.92 bits per heavy atom. The highest BCUT2D eigenvalue weighted by Gasteiger charge is 2.30. The molecule has 1 atom stereocenters. The highest BCUT2D eigenvalue weighted by atomic mass is 19.1. The lowest BCUT2D eigenvalue weighted by atomic mass is 9.98. The Balaban J connectivity index is 1.69. The van der Waals surface area contributed by atoms with E-state index >= 15 is 0 Å². The van der Waals surface area contributed by atoms with E-state index in [1.54, 1.807) is 12.1 Å². The summed E-state index contributed by atoms with van der Waals surface area (Å²) in [5.41, 5.74) is 1.61. The van der Waals surface area contributed by atoms with Crippen LogP contribution in [-0.2, 0) is 4.79 Å². The third-order valence-corrected chi connectivity index (χ3v) is 4.91. The van der Waals surface area contributed by atoms with Gasteiger partial charge in [-0.05, 0) is 49.9 Å². The first kappa shape index (κ1) is 16.0. The van der Waals surface area contributed by atoms with Crippen LogP contribution >= 0.6 is 0 Å². The van der Waals surface area contributed by atoms with Crippen LogP contribution in [0.1, 0.15) is 37.4 Å². The molecule has 130 valence electrons. The van der Waals surface area contributed by atoms with Crippen molar-refractivity contribution in [2.75, 3.05) is 18.0 Å². The van der Waals surface area contributed by atoms with E-state index in [1.807, 2.05) is 11.0 Å². The van der Waals surface area contributed by atoms with Crippen LogP contribution in [0, 0.1) is 11.7 Å². The third kappa shape index (κ3) is 3.48. The number of anilines is 1. The molecular weight excluding hydrogens is 321 g/mol. The van der Waals surface area contributed by atoms with E-state index in [0.29, 0.717) is 18.9 Å². The summed E-state index contributed by atoms with van der Waals surface area (Å²) in [7, 11) is 0. The van der Waals surface area contributed by atoms with Gasteiger partial charge in [-0.3, -0.25) is 4.79 Å². The standard InChI is InChI=1S/C19H20FN3O2/c20-15-7-5-12(6-8-15)16-10-17(22-18(21-16)13-3-4-13)23-9-1-2-14(11-23)19(24)25/h5-8,10,13-14H,1-4,9,11H2,(H,24,25). The lowest BCUT2D eigenvalue weighted by Crippen LogP contribution is -2.39. The quantitative estimate of drug-likeness (QED) is 0.922. The Morgan fingerprint density at radius 3 is 2.60 bits per heavy atom. The minimum Gasteiger partial charge on any atom is -0.481 e. The van der Waals surface area contributed by atoms with Crippen molar-refractivity contribution >= 4 is 11.8 Å². The zero-order valence-corrected chi connectivity index (χ0v) is 13.9. The van der Waals surface area contributed by atoms with Crippen LogP contribution in [0.25, 0.3) is 11.3 Å². The van der Waals surface area contributed by atoms with E-state index in [2.05, 4.69) is 4.98 Å². The van der Waals surface area contributed by atoms with Gasteiger partial charge in [0.15, 0.2) is 0 Å². The first-order valence-corrected chi connectivity index (χ1v) is 8.73. The molecule has 1 saturated heterocycles. The van der Waals surface area contributed by atoms with Gasteiger partial charge in [0.25, 0.3) is 0 Å². The first-order valence-electron chi connectivity index (χ1n) is 8.73. The molecule has 2 aliphatic rings. The third-order valence-electron chi connectivity index (χ3n) is 4.91. The van der Waals surface area contributed by atoms with Crippen molar-refractivity contribution in [2.45, 2.75) is 31.6 Å². The van der Waals surface area contributed by atoms with Gasteiger partial charge in [-0.2, -0.15) is 0 Å². The number of aliphatic carboxylic acids is 1. The lowest BCUT2D eigenvalue weighted by Gasteiger charge is -2.32. The number of carboxylic acid groups (broad SMARTS) is 1. The van der Waals surface area contributed by atoms with E-state index in [0.717, 1.165) is 48.7 Å². The molecular formula is C19H20FN3O2. The van der Waals surface area contributed by atoms with Gasteiger partial charge < -0.3 is 10.0 Å². The number of hydrogen-bond donors (Lipinski definition) is 1. The molecule has 4 rings (SSSR count). The summed E-state index contributed by atoms with van der Waals surface area (Å²) >= 11 is 0. The molecule has 5 nitrogen and oxygen atoms in total. The van der Waals surface area contributed by atoms with Crippen molar-refractivity contribution in [2.24, 2.45) is 5.92 Å².